The second-order valence-corrected chi connectivity index (χ2v) is 7.49. The normalized spacial score (nSPS) is 11.2. The number of hydrogen-bond donors (Lipinski definition) is 1. The van der Waals surface area contributed by atoms with Crippen molar-refractivity contribution in [1.82, 2.24) is 19.2 Å². The fourth-order valence-electron chi connectivity index (χ4n) is 3.23. The third-order valence-electron chi connectivity index (χ3n) is 4.82. The molecule has 138 valence electrons. The van der Waals surface area contributed by atoms with Crippen LogP contribution >= 0.6 is 11.3 Å². The zero-order chi connectivity index (χ0) is 19.0. The van der Waals surface area contributed by atoms with Gasteiger partial charge >= 0.3 is 0 Å². The Balaban J connectivity index is 1.39. The first-order chi connectivity index (χ1) is 13.0. The summed E-state index contributed by atoms with van der Waals surface area (Å²) >= 11 is 1.61. The average Bonchev–Trinajstić information content (AvgIpc) is 3.29. The van der Waals surface area contributed by atoms with Gasteiger partial charge in [0.05, 0.1) is 11.4 Å². The van der Waals surface area contributed by atoms with Crippen LogP contribution in [0.15, 0.2) is 42.0 Å². The van der Waals surface area contributed by atoms with Crippen molar-refractivity contribution in [2.24, 2.45) is 7.05 Å². The number of rotatable bonds is 5. The molecule has 0 atom stereocenters. The molecule has 3 aromatic heterocycles. The maximum absolute atomic E-state index is 12.3. The highest BCUT2D eigenvalue weighted by molar-refractivity contribution is 7.15. The number of imidazole rings is 1. The summed E-state index contributed by atoms with van der Waals surface area (Å²) in [6.07, 6.45) is 5.14. The van der Waals surface area contributed by atoms with E-state index in [1.54, 1.807) is 11.3 Å². The molecule has 0 radical (unpaired) electrons. The van der Waals surface area contributed by atoms with Gasteiger partial charge in [0.2, 0.25) is 5.91 Å². The largest absolute Gasteiger partial charge is 0.326 e. The molecule has 6 nitrogen and oxygen atoms in total. The molecule has 3 heterocycles. The Labute approximate surface area is 161 Å². The molecule has 1 aromatic carbocycles. The van der Waals surface area contributed by atoms with Gasteiger partial charge < -0.3 is 5.32 Å². The Hall–Kier alpha value is -2.93. The molecule has 4 rings (SSSR count). The topological polar surface area (TPSA) is 64.2 Å². The Morgan fingerprint density at radius 3 is 2.67 bits per heavy atom. The van der Waals surface area contributed by atoms with Crippen molar-refractivity contribution in [3.63, 3.8) is 0 Å². The van der Waals surface area contributed by atoms with Gasteiger partial charge in [-0.1, -0.05) is 12.1 Å². The lowest BCUT2D eigenvalue weighted by molar-refractivity contribution is -0.116. The van der Waals surface area contributed by atoms with Crippen molar-refractivity contribution in [2.45, 2.75) is 26.7 Å². The lowest BCUT2D eigenvalue weighted by Crippen LogP contribution is -2.12. The molecule has 0 saturated carbocycles. The van der Waals surface area contributed by atoms with E-state index >= 15 is 0 Å². The van der Waals surface area contributed by atoms with E-state index in [2.05, 4.69) is 15.4 Å². The smallest absolute Gasteiger partial charge is 0.224 e. The number of benzene rings is 1. The summed E-state index contributed by atoms with van der Waals surface area (Å²) in [5, 5.41) is 9.38. The van der Waals surface area contributed by atoms with Gasteiger partial charge in [-0.15, -0.1) is 11.3 Å². The first-order valence-electron chi connectivity index (χ1n) is 8.83. The first kappa shape index (κ1) is 17.5. The van der Waals surface area contributed by atoms with E-state index in [9.17, 15) is 4.79 Å². The van der Waals surface area contributed by atoms with Crippen molar-refractivity contribution in [2.75, 3.05) is 5.32 Å². The van der Waals surface area contributed by atoms with Gasteiger partial charge in [-0.2, -0.15) is 5.10 Å². The Morgan fingerprint density at radius 2 is 2.00 bits per heavy atom. The number of aryl methyl sites for hydroxylation is 2. The van der Waals surface area contributed by atoms with Crippen molar-refractivity contribution in [3.8, 4) is 11.3 Å². The molecule has 0 aliphatic rings. The van der Waals surface area contributed by atoms with E-state index in [1.165, 1.54) is 0 Å². The summed E-state index contributed by atoms with van der Waals surface area (Å²) < 4.78 is 3.87. The van der Waals surface area contributed by atoms with Crippen LogP contribution in [0.25, 0.3) is 16.2 Å². The highest BCUT2D eigenvalue weighted by Crippen LogP contribution is 2.23. The number of amides is 1. The maximum Gasteiger partial charge on any atom is 0.224 e. The number of anilines is 1. The Morgan fingerprint density at radius 1 is 1.22 bits per heavy atom. The molecule has 4 aromatic rings. The molecule has 27 heavy (non-hydrogen) atoms. The zero-order valence-electron chi connectivity index (χ0n) is 15.6. The lowest BCUT2D eigenvalue weighted by atomic mass is 10.1. The van der Waals surface area contributed by atoms with Crippen LogP contribution in [0.5, 0.6) is 0 Å². The van der Waals surface area contributed by atoms with Gasteiger partial charge in [-0.25, -0.2) is 4.98 Å². The minimum atomic E-state index is 0.00732. The van der Waals surface area contributed by atoms with Crippen molar-refractivity contribution < 1.29 is 4.79 Å². The van der Waals surface area contributed by atoms with Crippen molar-refractivity contribution in [3.05, 3.63) is 59.0 Å². The molecular weight excluding hydrogens is 358 g/mol. The van der Waals surface area contributed by atoms with Gasteiger partial charge in [0.1, 0.15) is 0 Å². The second-order valence-electron chi connectivity index (χ2n) is 6.62. The SMILES string of the molecule is Cc1nn(C)c(C)c1CCC(=O)Nc1ccc(-c2cn3ccsc3n2)cc1. The highest BCUT2D eigenvalue weighted by Gasteiger charge is 2.12. The molecule has 0 unspecified atom stereocenters. The van der Waals surface area contributed by atoms with Gasteiger partial charge in [0.25, 0.3) is 0 Å². The van der Waals surface area contributed by atoms with Crippen LogP contribution in [0.1, 0.15) is 23.4 Å². The van der Waals surface area contributed by atoms with Gasteiger partial charge in [0.15, 0.2) is 4.96 Å². The van der Waals surface area contributed by atoms with Crippen LogP contribution in [-0.4, -0.2) is 25.1 Å². The molecule has 0 aliphatic heterocycles. The van der Waals surface area contributed by atoms with Crippen molar-refractivity contribution in [1.29, 1.82) is 0 Å². The number of carbonyl (C=O) groups excluding carboxylic acids is 1. The van der Waals surface area contributed by atoms with Crippen LogP contribution < -0.4 is 5.32 Å². The van der Waals surface area contributed by atoms with E-state index in [0.29, 0.717) is 12.8 Å². The van der Waals surface area contributed by atoms with Crippen LogP contribution in [-0.2, 0) is 18.3 Å². The standard InChI is InChI=1S/C20H21N5OS/c1-13-17(14(2)24(3)23-13)8-9-19(26)21-16-6-4-15(5-7-16)18-12-25-10-11-27-20(25)22-18/h4-7,10-12H,8-9H2,1-3H3,(H,21,26). The second kappa shape index (κ2) is 7.00. The maximum atomic E-state index is 12.3. The number of nitrogens with zero attached hydrogens (tertiary/aromatic N) is 4. The summed E-state index contributed by atoms with van der Waals surface area (Å²) in [5.41, 5.74) is 6.02. The minimum Gasteiger partial charge on any atom is -0.326 e. The summed E-state index contributed by atoms with van der Waals surface area (Å²) in [6, 6.07) is 7.80. The Kier molecular flexibility index (Phi) is 4.53. The van der Waals surface area contributed by atoms with Crippen molar-refractivity contribution >= 4 is 27.9 Å². The molecule has 0 saturated heterocycles. The molecule has 0 bridgehead atoms. The summed E-state index contributed by atoms with van der Waals surface area (Å²) in [7, 11) is 1.93. The highest BCUT2D eigenvalue weighted by atomic mass is 32.1. The van der Waals surface area contributed by atoms with E-state index in [1.807, 2.05) is 72.0 Å². The number of nitrogens with one attached hydrogen (secondary N) is 1. The number of fused-ring (bicyclic) bond motifs is 1. The monoisotopic (exact) mass is 379 g/mol. The van der Waals surface area contributed by atoms with Crippen LogP contribution in [0.4, 0.5) is 5.69 Å². The predicted octanol–water partition coefficient (Wildman–Crippen LogP) is 3.98. The number of carbonyl (C=O) groups is 1. The Bertz CT molecular complexity index is 1080. The summed E-state index contributed by atoms with van der Waals surface area (Å²) in [5.74, 6) is 0.00732. The molecule has 0 fully saturated rings. The third-order valence-corrected chi connectivity index (χ3v) is 5.59. The molecule has 1 amide bonds. The third kappa shape index (κ3) is 3.50. The molecule has 0 spiro atoms. The number of aromatic nitrogens is 4. The van der Waals surface area contributed by atoms with Crippen LogP contribution in [0.2, 0.25) is 0 Å². The fourth-order valence-corrected chi connectivity index (χ4v) is 3.93. The van der Waals surface area contributed by atoms with Gasteiger partial charge in [0, 0.05) is 48.2 Å². The molecular formula is C20H21N5OS. The first-order valence-corrected chi connectivity index (χ1v) is 9.71. The summed E-state index contributed by atoms with van der Waals surface area (Å²) in [4.78, 5) is 17.9. The summed E-state index contributed by atoms with van der Waals surface area (Å²) in [6.45, 7) is 4.02. The minimum absolute atomic E-state index is 0.00732. The zero-order valence-corrected chi connectivity index (χ0v) is 16.4. The quantitative estimate of drug-likeness (QED) is 0.570. The van der Waals surface area contributed by atoms with E-state index < -0.39 is 0 Å². The molecule has 1 N–H and O–H groups in total. The van der Waals surface area contributed by atoms with Crippen LogP contribution in [0, 0.1) is 13.8 Å². The lowest BCUT2D eigenvalue weighted by Gasteiger charge is -2.06. The van der Waals surface area contributed by atoms with E-state index in [-0.39, 0.29) is 5.91 Å². The van der Waals surface area contributed by atoms with E-state index in [0.717, 1.165) is 38.9 Å². The van der Waals surface area contributed by atoms with Gasteiger partial charge in [-0.05, 0) is 38.0 Å². The molecule has 7 heteroatoms. The number of hydrogen-bond acceptors (Lipinski definition) is 4. The molecule has 0 aliphatic carbocycles. The number of thiazole rings is 1. The van der Waals surface area contributed by atoms with Crippen LogP contribution in [0.3, 0.4) is 0 Å². The van der Waals surface area contributed by atoms with E-state index in [4.69, 9.17) is 0 Å². The fraction of sp³-hybridized carbons (Fsp3) is 0.250. The van der Waals surface area contributed by atoms with Gasteiger partial charge in [-0.3, -0.25) is 13.9 Å². The average molecular weight is 379 g/mol. The predicted molar refractivity (Wildman–Crippen MR) is 108 cm³/mol.